The quantitative estimate of drug-likeness (QED) is 0.145. The van der Waals surface area contributed by atoms with Gasteiger partial charge in [-0.15, -0.1) is 0 Å². The summed E-state index contributed by atoms with van der Waals surface area (Å²) in [6.45, 7) is 26.2. The first-order chi connectivity index (χ1) is 45.8. The maximum absolute atomic E-state index is 13.1. The normalized spacial score (nSPS) is 12.2. The zero-order valence-corrected chi connectivity index (χ0v) is 56.5. The van der Waals surface area contributed by atoms with Gasteiger partial charge in [0.2, 0.25) is 34.6 Å². The number of pyridine rings is 4. The van der Waals surface area contributed by atoms with Crippen molar-refractivity contribution in [1.29, 1.82) is 0 Å². The van der Waals surface area contributed by atoms with Crippen molar-refractivity contribution in [1.82, 2.24) is 19.9 Å². The number of hydrogen-bond acceptors (Lipinski definition) is 8. The highest BCUT2D eigenvalue weighted by Crippen LogP contribution is 2.34. The van der Waals surface area contributed by atoms with Crippen molar-refractivity contribution >= 4 is 44.4 Å². The van der Waals surface area contributed by atoms with Crippen molar-refractivity contribution in [2.45, 2.75) is 139 Å². The van der Waals surface area contributed by atoms with Crippen LogP contribution in [0.25, 0.3) is 112 Å². The summed E-state index contributed by atoms with van der Waals surface area (Å²) in [6.07, 6.45) is 7.85. The molecule has 13 heteroatoms. The third kappa shape index (κ3) is 15.7. The van der Waals surface area contributed by atoms with E-state index in [1.165, 1.54) is 103 Å². The Kier molecular flexibility index (Phi) is 21.2. The lowest BCUT2D eigenvalue weighted by Gasteiger charge is -2.08. The van der Waals surface area contributed by atoms with Crippen LogP contribution in [0.5, 0.6) is 0 Å². The molecule has 6 aromatic carbocycles. The van der Waals surface area contributed by atoms with Crippen molar-refractivity contribution in [2.24, 2.45) is 28.2 Å². The molecule has 8 heterocycles. The first-order valence-corrected chi connectivity index (χ1v) is 31.1. The lowest BCUT2D eigenvalue weighted by Crippen LogP contribution is -2.30. The van der Waals surface area contributed by atoms with Gasteiger partial charge in [0.15, 0.2) is 81.0 Å². The molecule has 0 aliphatic carbocycles. The number of aromatic nitrogens is 8. The maximum atomic E-state index is 13.1. The van der Waals surface area contributed by atoms with Gasteiger partial charge in [0.1, 0.15) is 34.0 Å². The number of fused-ring (bicyclic) bond motifs is 4. The van der Waals surface area contributed by atoms with Gasteiger partial charge in [-0.25, -0.2) is 24.3 Å². The van der Waals surface area contributed by atoms with E-state index in [4.69, 9.17) is 23.2 Å². The molecule has 0 bridgehead atoms. The second-order valence-electron chi connectivity index (χ2n) is 24.9. The second-order valence-corrected chi connectivity index (χ2v) is 24.9. The number of aryl methyl sites for hydroxylation is 13. The molecular formula is C84H99FN8O4+4. The highest BCUT2D eigenvalue weighted by atomic mass is 19.1. The Morgan fingerprint density at radius 3 is 1.04 bits per heavy atom. The maximum Gasteiger partial charge on any atom is 0.227 e. The number of hydrogen-bond donors (Lipinski definition) is 0. The van der Waals surface area contributed by atoms with Gasteiger partial charge in [-0.05, 0) is 188 Å². The first kappa shape index (κ1) is 68.1. The van der Waals surface area contributed by atoms with Crippen molar-refractivity contribution < 1.29 is 45.8 Å². The molecule has 1 unspecified atom stereocenters. The lowest BCUT2D eigenvalue weighted by atomic mass is 9.97. The van der Waals surface area contributed by atoms with Crippen molar-refractivity contribution in [3.63, 3.8) is 0 Å². The van der Waals surface area contributed by atoms with Gasteiger partial charge >= 0.3 is 0 Å². The average molecular weight is 1310 g/mol. The molecule has 0 radical (unpaired) electrons. The number of halogens is 1. The van der Waals surface area contributed by atoms with Crippen molar-refractivity contribution in [2.75, 3.05) is 0 Å². The molecule has 0 saturated carbocycles. The van der Waals surface area contributed by atoms with Crippen LogP contribution in [-0.2, 0) is 28.2 Å². The van der Waals surface area contributed by atoms with E-state index in [-0.39, 0.29) is 41.4 Å². The SMILES string of the molecule is C.C.C.C.Cc1cc(C)c(C)c(-c2cc3oc(-c4ccc(F)cc4)nc3c[n+]2C)c1.Cc1cc(C)c(C)c(-c2cc3oc(-c4ccccc4)nc3c[n+]2C)c1.Cc1cc(C)c(C)c(-c2cc3oc(C)nc3c[n+]2C)c1.[2H]C([2H])([2H])C([2H])(C)c1nc2c[n+](C)c(-c3cc(C)cc(C)c3C)cc2o1. The number of benzene rings is 6. The van der Waals surface area contributed by atoms with Crippen LogP contribution >= 0.6 is 0 Å². The molecule has 0 amide bonds. The lowest BCUT2D eigenvalue weighted by molar-refractivity contribution is -0.659. The fourth-order valence-electron chi connectivity index (χ4n) is 12.1. The summed E-state index contributed by atoms with van der Waals surface area (Å²) in [5, 5.41) is 0. The summed E-state index contributed by atoms with van der Waals surface area (Å²) in [5.74, 6) is -0.417. The zero-order chi connectivity index (χ0) is 69.9. The average Bonchev–Trinajstić information content (AvgIpc) is 1.65. The minimum absolute atomic E-state index is 0. The zero-order valence-electron chi connectivity index (χ0n) is 60.5. The molecule has 0 saturated heterocycles. The standard InChI is InChI=1S/C22H20FN2O.C22H21N2O.C19H23N2O.C17H19N2O.4CH4/c1-13-9-14(2)15(3)18(10-13)20-11-21-19(12-25(20)4)24-22(26-21)16-5-7-17(23)8-6-16;1-14-10-15(2)16(3)18(11-14)20-12-21-19(13-24(20)4)23-22(25-21)17-8-6-5-7-9-17;1-11(2)19-20-16-10-21(6)17(9-18(16)22-19)15-8-12(3)7-13(4)14(15)5;1-10-6-11(2)12(3)14(7-10)16-8-17-15(9-19(16)5)18-13(4)20-17;;;;/h5-12H,1-4H3;5-13H,1-4H3;7-11H,1-6H3;6-9H,1-5H3;4*1H4/q4*+1;;;;/i;;1D3,11D;;;;;. The molecule has 97 heavy (non-hydrogen) atoms. The molecular weight excluding hydrogens is 1200 g/mol. The van der Waals surface area contributed by atoms with E-state index in [9.17, 15) is 4.39 Å². The van der Waals surface area contributed by atoms with Gasteiger partial charge in [0.25, 0.3) is 0 Å². The molecule has 14 aromatic rings. The molecule has 0 fully saturated rings. The Balaban J connectivity index is 0.000000187. The van der Waals surface area contributed by atoms with Crippen LogP contribution in [0.15, 0.2) is 170 Å². The summed E-state index contributed by atoms with van der Waals surface area (Å²) in [5.41, 5.74) is 31.8. The molecule has 0 aliphatic heterocycles. The largest absolute Gasteiger partial charge is 0.440 e. The topological polar surface area (TPSA) is 120 Å². The highest BCUT2D eigenvalue weighted by molar-refractivity contribution is 5.82. The molecule has 1 atom stereocenters. The van der Waals surface area contributed by atoms with E-state index < -0.39 is 12.7 Å². The second kappa shape index (κ2) is 30.2. The monoisotopic (exact) mass is 1310 g/mol. The van der Waals surface area contributed by atoms with E-state index >= 15 is 0 Å². The summed E-state index contributed by atoms with van der Waals surface area (Å²) in [7, 11) is 8.04. The van der Waals surface area contributed by atoms with Crippen LogP contribution in [0.3, 0.4) is 0 Å². The molecule has 8 aromatic heterocycles. The predicted octanol–water partition coefficient (Wildman–Crippen LogP) is 20.4. The van der Waals surface area contributed by atoms with Crippen LogP contribution in [0, 0.1) is 95.8 Å². The van der Waals surface area contributed by atoms with Crippen LogP contribution in [0.2, 0.25) is 0 Å². The molecule has 502 valence electrons. The summed E-state index contributed by atoms with van der Waals surface area (Å²) >= 11 is 0. The smallest absolute Gasteiger partial charge is 0.227 e. The molecule has 12 nitrogen and oxygen atoms in total. The molecule has 14 rings (SSSR count). The van der Waals surface area contributed by atoms with Crippen LogP contribution in [0.4, 0.5) is 4.39 Å². The minimum Gasteiger partial charge on any atom is -0.440 e. The van der Waals surface area contributed by atoms with Crippen LogP contribution in [0.1, 0.15) is 133 Å². The molecule has 0 N–H and O–H groups in total. The van der Waals surface area contributed by atoms with Gasteiger partial charge in [0.05, 0.1) is 24.3 Å². The summed E-state index contributed by atoms with van der Waals surface area (Å²) < 4.78 is 75.7. The van der Waals surface area contributed by atoms with E-state index in [2.05, 4.69) is 191 Å². The van der Waals surface area contributed by atoms with Crippen molar-refractivity contribution in [3.8, 4) is 67.9 Å². The Bertz CT molecular complexity index is 5360. The highest BCUT2D eigenvalue weighted by Gasteiger charge is 2.24. The van der Waals surface area contributed by atoms with Crippen LogP contribution in [-0.4, -0.2) is 19.9 Å². The number of oxazole rings is 4. The fraction of sp³-hybridized carbons (Fsp3) is 0.286. The Labute approximate surface area is 579 Å². The number of nitrogens with zero attached hydrogens (tertiary/aromatic N) is 8. The van der Waals surface area contributed by atoms with Gasteiger partial charge in [-0.2, -0.15) is 18.3 Å². The molecule has 0 spiro atoms. The number of rotatable bonds is 7. The van der Waals surface area contributed by atoms with Crippen LogP contribution < -0.4 is 18.3 Å². The van der Waals surface area contributed by atoms with E-state index in [0.29, 0.717) is 28.8 Å². The summed E-state index contributed by atoms with van der Waals surface area (Å²) in [6, 6.07) is 41.8. The fourth-order valence-corrected chi connectivity index (χ4v) is 12.1. The predicted molar refractivity (Wildman–Crippen MR) is 396 cm³/mol. The van der Waals surface area contributed by atoms with E-state index in [1.807, 2.05) is 92.8 Å². The van der Waals surface area contributed by atoms with Crippen molar-refractivity contribution in [3.05, 3.63) is 237 Å². The van der Waals surface area contributed by atoms with E-state index in [1.54, 1.807) is 12.1 Å². The third-order valence-corrected chi connectivity index (χ3v) is 17.5. The third-order valence-electron chi connectivity index (χ3n) is 17.5. The Morgan fingerprint density at radius 2 is 0.691 bits per heavy atom. The first-order valence-electron chi connectivity index (χ1n) is 33.1. The Morgan fingerprint density at radius 1 is 0.381 bits per heavy atom. The van der Waals surface area contributed by atoms with Gasteiger partial charge in [0, 0.05) is 51.7 Å². The molecule has 0 aliphatic rings. The van der Waals surface area contributed by atoms with Gasteiger partial charge in [-0.3, -0.25) is 0 Å². The minimum atomic E-state index is -2.52. The Hall–Kier alpha value is -10.3. The van der Waals surface area contributed by atoms with Gasteiger partial charge < -0.3 is 17.7 Å². The van der Waals surface area contributed by atoms with E-state index in [0.717, 1.165) is 72.8 Å². The summed E-state index contributed by atoms with van der Waals surface area (Å²) in [4.78, 5) is 17.9. The van der Waals surface area contributed by atoms with Gasteiger partial charge in [-0.1, -0.05) is 108 Å².